The van der Waals surface area contributed by atoms with Crippen molar-refractivity contribution in [1.29, 1.82) is 5.26 Å². The topological polar surface area (TPSA) is 89.8 Å². The van der Waals surface area contributed by atoms with Crippen LogP contribution in [0, 0.1) is 31.0 Å². The molecule has 7 nitrogen and oxygen atoms in total. The van der Waals surface area contributed by atoms with Crippen LogP contribution in [0.1, 0.15) is 53.1 Å². The number of rotatable bonds is 13. The van der Waals surface area contributed by atoms with Crippen LogP contribution in [0.3, 0.4) is 0 Å². The van der Waals surface area contributed by atoms with Crippen molar-refractivity contribution in [2.75, 3.05) is 19.8 Å². The van der Waals surface area contributed by atoms with Gasteiger partial charge in [0.05, 0.1) is 5.56 Å². The smallest absolute Gasteiger partial charge is 0.161 e. The highest BCUT2D eigenvalue weighted by Gasteiger charge is 2.16. The lowest BCUT2D eigenvalue weighted by Crippen LogP contribution is -2.16. The first-order valence-corrected chi connectivity index (χ1v) is 15.1. The number of nitriles is 1. The lowest BCUT2D eigenvalue weighted by molar-refractivity contribution is -0.117. The molecule has 0 amide bonds. The second-order valence-electron chi connectivity index (χ2n) is 11.2. The summed E-state index contributed by atoms with van der Waals surface area (Å²) in [6.45, 7) is 8.52. The van der Waals surface area contributed by atoms with E-state index >= 15 is 0 Å². The van der Waals surface area contributed by atoms with E-state index in [9.17, 15) is 14.4 Å². The molecule has 0 fully saturated rings. The van der Waals surface area contributed by atoms with Crippen LogP contribution in [-0.4, -0.2) is 25.5 Å². The van der Waals surface area contributed by atoms with Crippen LogP contribution in [0.5, 0.6) is 23.0 Å². The van der Waals surface area contributed by atoms with Gasteiger partial charge in [-0.05, 0) is 97.4 Å². The zero-order chi connectivity index (χ0) is 31.8. The number of carbonyl (C=O) groups is 1. The van der Waals surface area contributed by atoms with Crippen molar-refractivity contribution in [1.82, 2.24) is 5.32 Å². The Labute approximate surface area is 263 Å². The molecular formula is C37H37FN2O5. The molecule has 0 aliphatic carbocycles. The molecule has 1 aliphatic heterocycles. The molecule has 5 rings (SSSR count). The van der Waals surface area contributed by atoms with Gasteiger partial charge in [0.25, 0.3) is 0 Å². The largest absolute Gasteiger partial charge is 0.488 e. The lowest BCUT2D eigenvalue weighted by atomic mass is 9.96. The molecule has 0 spiro atoms. The Morgan fingerprint density at radius 1 is 0.933 bits per heavy atom. The highest BCUT2D eigenvalue weighted by molar-refractivity contribution is 5.75. The maximum absolute atomic E-state index is 13.9. The first-order valence-electron chi connectivity index (χ1n) is 15.1. The number of hydrogen-bond acceptors (Lipinski definition) is 7. The molecule has 232 valence electrons. The molecule has 0 radical (unpaired) electrons. The predicted molar refractivity (Wildman–Crippen MR) is 170 cm³/mol. The minimum atomic E-state index is -0.559. The van der Waals surface area contributed by atoms with Crippen molar-refractivity contribution in [3.05, 3.63) is 106 Å². The van der Waals surface area contributed by atoms with Gasteiger partial charge < -0.3 is 29.1 Å². The molecule has 8 heteroatoms. The summed E-state index contributed by atoms with van der Waals surface area (Å²) in [7, 11) is 0. The number of fused-ring (bicyclic) bond motifs is 1. The Balaban J connectivity index is 1.34. The average Bonchev–Trinajstić information content (AvgIpc) is 3.04. The second-order valence-corrected chi connectivity index (χ2v) is 11.2. The Kier molecular flexibility index (Phi) is 10.3. The van der Waals surface area contributed by atoms with Crippen molar-refractivity contribution < 1.29 is 28.1 Å². The SMILES string of the molecule is CC(=O)CCCNCc1cc(C)c(OCc2cccc(-c3ccc4c(c3)OCCO4)c2C)cc1OCc1ccc(F)c(C#N)c1. The maximum Gasteiger partial charge on any atom is 0.161 e. The maximum atomic E-state index is 13.9. The van der Waals surface area contributed by atoms with Gasteiger partial charge >= 0.3 is 0 Å². The van der Waals surface area contributed by atoms with E-state index in [1.165, 1.54) is 12.1 Å². The summed E-state index contributed by atoms with van der Waals surface area (Å²) in [4.78, 5) is 11.3. The molecular weight excluding hydrogens is 571 g/mol. The first-order chi connectivity index (χ1) is 21.8. The van der Waals surface area contributed by atoms with E-state index in [2.05, 4.69) is 24.4 Å². The summed E-state index contributed by atoms with van der Waals surface area (Å²) in [5, 5.41) is 12.6. The van der Waals surface area contributed by atoms with Gasteiger partial charge in [0.1, 0.15) is 55.6 Å². The van der Waals surface area contributed by atoms with Crippen molar-refractivity contribution in [2.24, 2.45) is 0 Å². The minimum absolute atomic E-state index is 0.0229. The van der Waals surface area contributed by atoms with Crippen LogP contribution in [0.15, 0.2) is 66.7 Å². The summed E-state index contributed by atoms with van der Waals surface area (Å²) in [6.07, 6.45) is 1.28. The molecule has 0 bridgehead atoms. The van der Waals surface area contributed by atoms with Crippen molar-refractivity contribution in [3.8, 4) is 40.2 Å². The Morgan fingerprint density at radius 2 is 1.73 bits per heavy atom. The van der Waals surface area contributed by atoms with Gasteiger partial charge in [-0.25, -0.2) is 4.39 Å². The van der Waals surface area contributed by atoms with E-state index in [1.54, 1.807) is 13.0 Å². The van der Waals surface area contributed by atoms with Gasteiger partial charge in [0, 0.05) is 24.6 Å². The van der Waals surface area contributed by atoms with E-state index in [0.29, 0.717) is 56.4 Å². The number of Topliss-reactive ketones (excluding diaryl/α,β-unsaturated/α-hetero) is 1. The van der Waals surface area contributed by atoms with Crippen LogP contribution in [0.25, 0.3) is 11.1 Å². The van der Waals surface area contributed by atoms with Gasteiger partial charge in [0.15, 0.2) is 11.5 Å². The van der Waals surface area contributed by atoms with E-state index in [4.69, 9.17) is 18.9 Å². The highest BCUT2D eigenvalue weighted by atomic mass is 19.1. The molecule has 1 heterocycles. The van der Waals surface area contributed by atoms with Crippen LogP contribution < -0.4 is 24.3 Å². The van der Waals surface area contributed by atoms with Crippen molar-refractivity contribution in [3.63, 3.8) is 0 Å². The Morgan fingerprint density at radius 3 is 2.53 bits per heavy atom. The van der Waals surface area contributed by atoms with Crippen LogP contribution in [-0.2, 0) is 24.6 Å². The first kappa shape index (κ1) is 31.6. The highest BCUT2D eigenvalue weighted by Crippen LogP contribution is 2.37. The number of halogens is 1. The second kappa shape index (κ2) is 14.7. The minimum Gasteiger partial charge on any atom is -0.488 e. The number of nitrogens with one attached hydrogen (secondary N) is 1. The van der Waals surface area contributed by atoms with Gasteiger partial charge in [-0.3, -0.25) is 0 Å². The zero-order valence-corrected chi connectivity index (χ0v) is 25.9. The number of hydrogen-bond donors (Lipinski definition) is 1. The molecule has 0 aromatic heterocycles. The number of benzene rings is 4. The summed E-state index contributed by atoms with van der Waals surface area (Å²) >= 11 is 0. The van der Waals surface area contributed by atoms with E-state index in [1.807, 2.05) is 49.4 Å². The number of carbonyl (C=O) groups excluding carboxylic acids is 1. The summed E-state index contributed by atoms with van der Waals surface area (Å²) in [6, 6.07) is 22.4. The molecule has 0 saturated carbocycles. The third kappa shape index (κ3) is 8.00. The Hall–Kier alpha value is -4.87. The van der Waals surface area contributed by atoms with Crippen LogP contribution >= 0.6 is 0 Å². The fourth-order valence-corrected chi connectivity index (χ4v) is 5.27. The zero-order valence-electron chi connectivity index (χ0n) is 25.9. The van der Waals surface area contributed by atoms with E-state index in [0.717, 1.165) is 51.3 Å². The molecule has 4 aromatic carbocycles. The third-order valence-corrected chi connectivity index (χ3v) is 7.78. The van der Waals surface area contributed by atoms with Gasteiger partial charge in [-0.1, -0.05) is 30.3 Å². The monoisotopic (exact) mass is 608 g/mol. The van der Waals surface area contributed by atoms with Gasteiger partial charge in [0.2, 0.25) is 0 Å². The summed E-state index contributed by atoms with van der Waals surface area (Å²) in [5.74, 6) is 2.43. The average molecular weight is 609 g/mol. The summed E-state index contributed by atoms with van der Waals surface area (Å²) in [5.41, 5.74) is 6.85. The molecule has 0 saturated heterocycles. The normalized spacial score (nSPS) is 12.0. The standard InChI is InChI=1S/C37H37FN2O5/c1-24-16-31(21-40-13-5-6-25(2)41)36(44-22-27-9-11-33(38)30(17-27)20-39)19-35(24)45-23-29-7-4-8-32(26(29)3)28-10-12-34-37(18-28)43-15-14-42-34/h4,7-12,16-19,40H,5-6,13-15,21-23H2,1-3H3. The van der Waals surface area contributed by atoms with Crippen LogP contribution in [0.2, 0.25) is 0 Å². The number of ketones is 1. The quantitative estimate of drug-likeness (QED) is 0.159. The fraction of sp³-hybridized carbons (Fsp3) is 0.297. The molecule has 0 atom stereocenters. The Bertz CT molecular complexity index is 1730. The molecule has 1 aliphatic rings. The molecule has 45 heavy (non-hydrogen) atoms. The molecule has 4 aromatic rings. The molecule has 0 unspecified atom stereocenters. The predicted octanol–water partition coefficient (Wildman–Crippen LogP) is 7.37. The van der Waals surface area contributed by atoms with Gasteiger partial charge in [-0.2, -0.15) is 5.26 Å². The number of nitrogens with zero attached hydrogens (tertiary/aromatic N) is 1. The van der Waals surface area contributed by atoms with Gasteiger partial charge in [-0.15, -0.1) is 0 Å². The number of aryl methyl sites for hydroxylation is 1. The number of ether oxygens (including phenoxy) is 4. The summed E-state index contributed by atoms with van der Waals surface area (Å²) < 4.78 is 38.0. The van der Waals surface area contributed by atoms with Crippen LogP contribution in [0.4, 0.5) is 4.39 Å². The molecule has 1 N–H and O–H groups in total. The van der Waals surface area contributed by atoms with E-state index < -0.39 is 5.82 Å². The van der Waals surface area contributed by atoms with Crippen molar-refractivity contribution >= 4 is 5.78 Å². The van der Waals surface area contributed by atoms with Crippen molar-refractivity contribution in [2.45, 2.75) is 53.4 Å². The fourth-order valence-electron chi connectivity index (χ4n) is 5.27. The lowest BCUT2D eigenvalue weighted by Gasteiger charge is -2.20. The van der Waals surface area contributed by atoms with E-state index in [-0.39, 0.29) is 18.0 Å². The third-order valence-electron chi connectivity index (χ3n) is 7.78.